The number of fused-ring (bicyclic) bond motifs is 2. The van der Waals surface area contributed by atoms with E-state index in [1.807, 2.05) is 0 Å². The van der Waals surface area contributed by atoms with Gasteiger partial charge in [0.25, 0.3) is 11.5 Å². The fourth-order valence-corrected chi connectivity index (χ4v) is 3.69. The van der Waals surface area contributed by atoms with E-state index in [-0.39, 0.29) is 17.8 Å². The number of hydrogen-bond acceptors (Lipinski definition) is 4. The molecule has 0 atom stereocenters. The summed E-state index contributed by atoms with van der Waals surface area (Å²) in [5, 5.41) is 3.12. The molecule has 0 saturated heterocycles. The molecule has 1 fully saturated rings. The number of H-pyrrole nitrogens is 2. The van der Waals surface area contributed by atoms with Crippen LogP contribution >= 0.6 is 0 Å². The molecule has 2 aliphatic rings. The van der Waals surface area contributed by atoms with Crippen LogP contribution < -0.4 is 21.3 Å². The monoisotopic (exact) mass is 355 g/mol. The quantitative estimate of drug-likeness (QED) is 0.613. The van der Waals surface area contributed by atoms with Crippen LogP contribution in [0.3, 0.4) is 0 Å². The van der Waals surface area contributed by atoms with E-state index in [9.17, 15) is 14.4 Å². The first-order chi connectivity index (χ1) is 12.6. The summed E-state index contributed by atoms with van der Waals surface area (Å²) in [5.41, 5.74) is 0.599. The van der Waals surface area contributed by atoms with Gasteiger partial charge in [0, 0.05) is 23.6 Å². The van der Waals surface area contributed by atoms with E-state index in [0.29, 0.717) is 23.3 Å². The molecule has 1 aromatic heterocycles. The van der Waals surface area contributed by atoms with Crippen LogP contribution in [0.15, 0.2) is 27.8 Å². The van der Waals surface area contributed by atoms with Gasteiger partial charge < -0.3 is 10.1 Å². The molecular weight excluding hydrogens is 334 g/mol. The predicted octanol–water partition coefficient (Wildman–Crippen LogP) is 2.21. The number of ether oxygens (including phenoxy) is 1. The molecule has 3 N–H and O–H groups in total. The molecule has 7 heteroatoms. The first kappa shape index (κ1) is 16.6. The molecule has 0 bridgehead atoms. The van der Waals surface area contributed by atoms with Crippen molar-refractivity contribution in [3.63, 3.8) is 0 Å². The standard InChI is InChI=1S/C19H21N3O4/c23-16(20-13-5-3-1-2-4-6-13)11-7-8-15-12(9-11)10-14-17(24)21-19(25)22-18(14)26-15/h7-9,13H,1-6,10H2,(H,20,23)(H2,21,22,24,25). The first-order valence-electron chi connectivity index (χ1n) is 9.07. The van der Waals surface area contributed by atoms with Gasteiger partial charge in [-0.3, -0.25) is 19.6 Å². The van der Waals surface area contributed by atoms with Crippen molar-refractivity contribution in [3.05, 3.63) is 55.7 Å². The zero-order chi connectivity index (χ0) is 18.1. The number of carbonyl (C=O) groups is 1. The van der Waals surface area contributed by atoms with Crippen molar-refractivity contribution in [2.75, 3.05) is 0 Å². The second-order valence-electron chi connectivity index (χ2n) is 6.98. The van der Waals surface area contributed by atoms with Gasteiger partial charge in [0.1, 0.15) is 5.75 Å². The van der Waals surface area contributed by atoms with Crippen LogP contribution in [-0.2, 0) is 6.42 Å². The second-order valence-corrected chi connectivity index (χ2v) is 6.98. The van der Waals surface area contributed by atoms with Crippen LogP contribution in [0.25, 0.3) is 0 Å². The molecular formula is C19H21N3O4. The number of benzene rings is 1. The van der Waals surface area contributed by atoms with Gasteiger partial charge in [-0.05, 0) is 31.0 Å². The fraction of sp³-hybridized carbons (Fsp3) is 0.421. The van der Waals surface area contributed by atoms with Gasteiger partial charge >= 0.3 is 5.69 Å². The van der Waals surface area contributed by atoms with Crippen LogP contribution in [0.2, 0.25) is 0 Å². The molecule has 1 aliphatic heterocycles. The number of carbonyl (C=O) groups excluding carboxylic acids is 1. The van der Waals surface area contributed by atoms with Gasteiger partial charge in [-0.25, -0.2) is 4.79 Å². The maximum atomic E-state index is 12.6. The summed E-state index contributed by atoms with van der Waals surface area (Å²) < 4.78 is 5.63. The minimum atomic E-state index is -0.600. The highest BCUT2D eigenvalue weighted by Gasteiger charge is 2.23. The van der Waals surface area contributed by atoms with Crippen LogP contribution in [-0.4, -0.2) is 21.9 Å². The minimum Gasteiger partial charge on any atom is -0.440 e. The van der Waals surface area contributed by atoms with E-state index in [1.54, 1.807) is 18.2 Å². The largest absolute Gasteiger partial charge is 0.440 e. The highest BCUT2D eigenvalue weighted by atomic mass is 16.5. The first-order valence-corrected chi connectivity index (χ1v) is 9.07. The van der Waals surface area contributed by atoms with Gasteiger partial charge in [0.05, 0.1) is 5.56 Å². The van der Waals surface area contributed by atoms with E-state index in [1.165, 1.54) is 12.8 Å². The maximum absolute atomic E-state index is 12.6. The summed E-state index contributed by atoms with van der Waals surface area (Å²) in [7, 11) is 0. The average Bonchev–Trinajstić information content (AvgIpc) is 2.88. The lowest BCUT2D eigenvalue weighted by molar-refractivity contribution is 0.0933. The highest BCUT2D eigenvalue weighted by Crippen LogP contribution is 2.33. The number of hydrogen-bond donors (Lipinski definition) is 3. The number of amides is 1. The summed E-state index contributed by atoms with van der Waals surface area (Å²) >= 11 is 0. The Morgan fingerprint density at radius 3 is 2.62 bits per heavy atom. The molecule has 0 spiro atoms. The van der Waals surface area contributed by atoms with E-state index in [0.717, 1.165) is 31.2 Å². The summed E-state index contributed by atoms with van der Waals surface area (Å²) in [5.74, 6) is 0.618. The average molecular weight is 355 g/mol. The Labute approximate surface area is 149 Å². The Morgan fingerprint density at radius 2 is 1.85 bits per heavy atom. The fourth-order valence-electron chi connectivity index (χ4n) is 3.69. The summed E-state index contributed by atoms with van der Waals surface area (Å²) in [4.78, 5) is 40.7. The van der Waals surface area contributed by atoms with Crippen molar-refractivity contribution in [3.8, 4) is 11.6 Å². The Morgan fingerprint density at radius 1 is 1.08 bits per heavy atom. The predicted molar refractivity (Wildman–Crippen MR) is 96.0 cm³/mol. The van der Waals surface area contributed by atoms with Crippen LogP contribution in [0.4, 0.5) is 0 Å². The zero-order valence-electron chi connectivity index (χ0n) is 14.4. The smallest absolute Gasteiger partial charge is 0.328 e. The summed E-state index contributed by atoms with van der Waals surface area (Å²) in [6.07, 6.45) is 7.13. The number of aromatic amines is 2. The molecule has 0 radical (unpaired) electrons. The van der Waals surface area contributed by atoms with E-state index in [2.05, 4.69) is 15.3 Å². The van der Waals surface area contributed by atoms with Gasteiger partial charge in [-0.2, -0.15) is 0 Å². The lowest BCUT2D eigenvalue weighted by atomic mass is 10.00. The normalized spacial score (nSPS) is 16.8. The van der Waals surface area contributed by atoms with Gasteiger partial charge in [0.15, 0.2) is 0 Å². The van der Waals surface area contributed by atoms with E-state index in [4.69, 9.17) is 4.74 Å². The third kappa shape index (κ3) is 3.29. The van der Waals surface area contributed by atoms with Gasteiger partial charge in [-0.15, -0.1) is 0 Å². The summed E-state index contributed by atoms with van der Waals surface area (Å²) in [6.45, 7) is 0. The third-order valence-electron chi connectivity index (χ3n) is 5.09. The molecule has 4 rings (SSSR count). The maximum Gasteiger partial charge on any atom is 0.328 e. The number of nitrogens with one attached hydrogen (secondary N) is 3. The minimum absolute atomic E-state index is 0.0964. The van der Waals surface area contributed by atoms with Crippen molar-refractivity contribution in [2.24, 2.45) is 0 Å². The number of rotatable bonds is 2. The Kier molecular flexibility index (Phi) is 4.36. The third-order valence-corrected chi connectivity index (χ3v) is 5.09. The van der Waals surface area contributed by atoms with Gasteiger partial charge in [-0.1, -0.05) is 25.7 Å². The van der Waals surface area contributed by atoms with Crippen LogP contribution in [0.5, 0.6) is 11.6 Å². The lowest BCUT2D eigenvalue weighted by Crippen LogP contribution is -2.34. The Bertz CT molecular complexity index is 952. The molecule has 26 heavy (non-hydrogen) atoms. The molecule has 7 nitrogen and oxygen atoms in total. The van der Waals surface area contributed by atoms with Crippen molar-refractivity contribution in [2.45, 2.75) is 51.0 Å². The van der Waals surface area contributed by atoms with Crippen molar-refractivity contribution < 1.29 is 9.53 Å². The zero-order valence-corrected chi connectivity index (χ0v) is 14.4. The van der Waals surface area contributed by atoms with Crippen LogP contribution in [0, 0.1) is 0 Å². The molecule has 1 saturated carbocycles. The molecule has 1 aliphatic carbocycles. The Hall–Kier alpha value is -2.83. The molecule has 1 aromatic carbocycles. The van der Waals surface area contributed by atoms with Crippen LogP contribution in [0.1, 0.15) is 60.0 Å². The topological polar surface area (TPSA) is 104 Å². The Balaban J connectivity index is 1.55. The van der Waals surface area contributed by atoms with E-state index >= 15 is 0 Å². The molecule has 0 unspecified atom stereocenters. The highest BCUT2D eigenvalue weighted by molar-refractivity contribution is 5.94. The SMILES string of the molecule is O=C(NC1CCCCCC1)c1ccc2c(c1)Cc1c([nH]c(=O)[nH]c1=O)O2. The van der Waals surface area contributed by atoms with Crippen molar-refractivity contribution in [1.29, 1.82) is 0 Å². The van der Waals surface area contributed by atoms with Gasteiger partial charge in [0.2, 0.25) is 5.88 Å². The lowest BCUT2D eigenvalue weighted by Gasteiger charge is -2.20. The number of aromatic nitrogens is 2. The van der Waals surface area contributed by atoms with E-state index < -0.39 is 11.2 Å². The second kappa shape index (κ2) is 6.82. The molecule has 1 amide bonds. The molecule has 2 heterocycles. The summed E-state index contributed by atoms with van der Waals surface area (Å²) in [6, 6.07) is 5.40. The molecule has 136 valence electrons. The molecule has 2 aromatic rings. The van der Waals surface area contributed by atoms with Crippen molar-refractivity contribution >= 4 is 5.91 Å². The van der Waals surface area contributed by atoms with Crippen molar-refractivity contribution in [1.82, 2.24) is 15.3 Å².